The number of aromatic nitrogens is 3. The van der Waals surface area contributed by atoms with E-state index in [2.05, 4.69) is 23.0 Å². The fourth-order valence-electron chi connectivity index (χ4n) is 5.14. The van der Waals surface area contributed by atoms with Crippen molar-refractivity contribution in [2.75, 3.05) is 38.8 Å². The summed E-state index contributed by atoms with van der Waals surface area (Å²) in [5, 5.41) is 0.927. The number of benzene rings is 2. The lowest BCUT2D eigenvalue weighted by Gasteiger charge is -2.26. The van der Waals surface area contributed by atoms with Crippen molar-refractivity contribution in [1.82, 2.24) is 19.0 Å². The largest absolute Gasteiger partial charge is 0.383 e. The molecule has 8 heteroatoms. The molecule has 1 unspecified atom stereocenters. The summed E-state index contributed by atoms with van der Waals surface area (Å²) in [6.07, 6.45) is 4.98. The van der Waals surface area contributed by atoms with E-state index in [0.29, 0.717) is 25.7 Å². The van der Waals surface area contributed by atoms with Gasteiger partial charge in [0.05, 0.1) is 35.9 Å². The van der Waals surface area contributed by atoms with Gasteiger partial charge in [0.15, 0.2) is 0 Å². The highest BCUT2D eigenvalue weighted by atomic mass is 16.5. The molecule has 1 amide bonds. The summed E-state index contributed by atoms with van der Waals surface area (Å²) in [5.74, 6) is 0. The zero-order valence-corrected chi connectivity index (χ0v) is 20.5. The van der Waals surface area contributed by atoms with Gasteiger partial charge in [-0.2, -0.15) is 0 Å². The predicted molar refractivity (Wildman–Crippen MR) is 139 cm³/mol. The Morgan fingerprint density at radius 2 is 1.91 bits per heavy atom. The average molecular weight is 474 g/mol. The zero-order chi connectivity index (χ0) is 24.5. The second-order valence-corrected chi connectivity index (χ2v) is 9.29. The monoisotopic (exact) mass is 473 g/mol. The van der Waals surface area contributed by atoms with Gasteiger partial charge >= 0.3 is 5.69 Å². The van der Waals surface area contributed by atoms with Gasteiger partial charge < -0.3 is 14.5 Å². The van der Waals surface area contributed by atoms with Crippen molar-refractivity contribution in [3.8, 4) is 11.1 Å². The van der Waals surface area contributed by atoms with Gasteiger partial charge in [0, 0.05) is 37.8 Å². The third-order valence-corrected chi connectivity index (χ3v) is 7.23. The highest BCUT2D eigenvalue weighted by molar-refractivity contribution is 6.04. The van der Waals surface area contributed by atoms with Crippen molar-refractivity contribution < 1.29 is 9.53 Å². The van der Waals surface area contributed by atoms with Crippen LogP contribution in [0.2, 0.25) is 0 Å². The number of nitrogens with zero attached hydrogens (tertiary/aromatic N) is 5. The first-order valence-corrected chi connectivity index (χ1v) is 12.0. The number of likely N-dealkylation sites (tertiary alicyclic amines) is 1. The fourth-order valence-corrected chi connectivity index (χ4v) is 5.14. The van der Waals surface area contributed by atoms with Gasteiger partial charge in [-0.1, -0.05) is 18.2 Å². The number of hydrogen-bond acceptors (Lipinski definition) is 5. The molecule has 8 nitrogen and oxygen atoms in total. The van der Waals surface area contributed by atoms with Crippen LogP contribution < -0.4 is 10.6 Å². The summed E-state index contributed by atoms with van der Waals surface area (Å²) < 4.78 is 8.63. The molecule has 0 bridgehead atoms. The van der Waals surface area contributed by atoms with Crippen LogP contribution in [0, 0.1) is 0 Å². The molecule has 5 rings (SSSR count). The van der Waals surface area contributed by atoms with E-state index in [1.165, 1.54) is 6.42 Å². The molecule has 3 heterocycles. The van der Waals surface area contributed by atoms with Crippen LogP contribution in [0.5, 0.6) is 0 Å². The Kier molecular flexibility index (Phi) is 6.40. The molecule has 1 fully saturated rings. The summed E-state index contributed by atoms with van der Waals surface area (Å²) in [6.45, 7) is 2.71. The highest BCUT2D eigenvalue weighted by Gasteiger charge is 2.23. The minimum atomic E-state index is -0.0806. The Morgan fingerprint density at radius 3 is 2.60 bits per heavy atom. The molecule has 1 atom stereocenters. The first-order chi connectivity index (χ1) is 17.0. The fraction of sp³-hybridized carbons (Fsp3) is 0.370. The first kappa shape index (κ1) is 23.3. The molecule has 0 N–H and O–H groups in total. The third-order valence-electron chi connectivity index (χ3n) is 7.23. The quantitative estimate of drug-likeness (QED) is 0.368. The van der Waals surface area contributed by atoms with Gasteiger partial charge in [0.1, 0.15) is 0 Å². The normalized spacial score (nSPS) is 16.4. The number of carbonyl (C=O) groups is 1. The number of rotatable bonds is 8. The molecule has 2 aromatic carbocycles. The van der Waals surface area contributed by atoms with Crippen LogP contribution in [0.1, 0.15) is 12.8 Å². The summed E-state index contributed by atoms with van der Waals surface area (Å²) >= 11 is 0. The molecule has 1 aliphatic heterocycles. The molecule has 182 valence electrons. The Morgan fingerprint density at radius 1 is 1.14 bits per heavy atom. The third kappa shape index (κ3) is 4.24. The number of hydrogen-bond donors (Lipinski definition) is 0. The number of anilines is 1. The van der Waals surface area contributed by atoms with Crippen molar-refractivity contribution in [3.05, 3.63) is 59.1 Å². The molecular formula is C27H31N5O3. The number of methoxy groups -OCH3 is 1. The van der Waals surface area contributed by atoms with Crippen LogP contribution in [-0.4, -0.2) is 65.3 Å². The van der Waals surface area contributed by atoms with E-state index in [0.717, 1.165) is 58.1 Å². The molecular weight excluding hydrogens is 442 g/mol. The molecule has 35 heavy (non-hydrogen) atoms. The van der Waals surface area contributed by atoms with E-state index in [4.69, 9.17) is 4.74 Å². The van der Waals surface area contributed by atoms with Crippen molar-refractivity contribution in [2.24, 2.45) is 7.05 Å². The van der Waals surface area contributed by atoms with Crippen LogP contribution in [0.15, 0.2) is 53.5 Å². The van der Waals surface area contributed by atoms with Crippen molar-refractivity contribution in [3.63, 3.8) is 0 Å². The summed E-state index contributed by atoms with van der Waals surface area (Å²) in [5.41, 5.74) is 5.38. The second kappa shape index (κ2) is 9.64. The van der Waals surface area contributed by atoms with E-state index in [-0.39, 0.29) is 5.69 Å². The van der Waals surface area contributed by atoms with Crippen LogP contribution in [0.25, 0.3) is 33.1 Å². The zero-order valence-electron chi connectivity index (χ0n) is 20.5. The number of aryl methyl sites for hydroxylation is 1. The Bertz CT molecular complexity index is 1420. The van der Waals surface area contributed by atoms with E-state index in [1.807, 2.05) is 36.4 Å². The Balaban J connectivity index is 1.51. The Hall–Kier alpha value is -3.49. The number of carbonyl (C=O) groups excluding carboxylic acids is 1. The van der Waals surface area contributed by atoms with Crippen LogP contribution in [0.3, 0.4) is 0 Å². The average Bonchev–Trinajstić information content (AvgIpc) is 3.40. The van der Waals surface area contributed by atoms with Crippen LogP contribution in [-0.2, 0) is 23.1 Å². The SMILES string of the molecule is COCCn1c(=O)n(C)c2cnc3ccc(-c4ccc(N(C=O)CC5CCCN5C)cc4)cc3c21. The number of likely N-dealkylation sites (N-methyl/N-ethyl adjacent to an activating group) is 1. The standard InChI is InChI=1S/C27H31N5O3/c1-29-12-4-5-22(29)17-31(18-33)21-9-6-19(7-10-21)20-8-11-24-23(15-20)26-25(16-28-24)30(2)27(34)32(26)13-14-35-3/h6-11,15-16,18,22H,4-5,12-14,17H2,1-3H3. The maximum absolute atomic E-state index is 12.9. The molecule has 2 aromatic heterocycles. The summed E-state index contributed by atoms with van der Waals surface area (Å²) in [6, 6.07) is 14.6. The summed E-state index contributed by atoms with van der Waals surface area (Å²) in [4.78, 5) is 33.4. The molecule has 1 saturated heterocycles. The minimum Gasteiger partial charge on any atom is -0.383 e. The van der Waals surface area contributed by atoms with Gasteiger partial charge in [0.25, 0.3) is 0 Å². The van der Waals surface area contributed by atoms with Crippen LogP contribution in [0.4, 0.5) is 5.69 Å². The van der Waals surface area contributed by atoms with Gasteiger partial charge in [-0.15, -0.1) is 0 Å². The van der Waals surface area contributed by atoms with Crippen LogP contribution >= 0.6 is 0 Å². The maximum atomic E-state index is 12.9. The van der Waals surface area contributed by atoms with E-state index < -0.39 is 0 Å². The second-order valence-electron chi connectivity index (χ2n) is 9.29. The van der Waals surface area contributed by atoms with Crippen molar-refractivity contribution in [2.45, 2.75) is 25.4 Å². The highest BCUT2D eigenvalue weighted by Crippen LogP contribution is 2.30. The topological polar surface area (TPSA) is 72.6 Å². The van der Waals surface area contributed by atoms with Crippen molar-refractivity contribution >= 4 is 34.0 Å². The summed E-state index contributed by atoms with van der Waals surface area (Å²) in [7, 11) is 5.53. The smallest absolute Gasteiger partial charge is 0.328 e. The van der Waals surface area contributed by atoms with Crippen molar-refractivity contribution in [1.29, 1.82) is 0 Å². The maximum Gasteiger partial charge on any atom is 0.328 e. The predicted octanol–water partition coefficient (Wildman–Crippen LogP) is 3.26. The number of pyridine rings is 1. The lowest BCUT2D eigenvalue weighted by atomic mass is 10.0. The van der Waals surface area contributed by atoms with Gasteiger partial charge in [-0.3, -0.25) is 18.9 Å². The molecule has 0 aliphatic carbocycles. The van der Waals surface area contributed by atoms with Gasteiger partial charge in [-0.05, 0) is 61.8 Å². The number of fused-ring (bicyclic) bond motifs is 3. The van der Waals surface area contributed by atoms with E-state index in [9.17, 15) is 9.59 Å². The number of ether oxygens (including phenoxy) is 1. The minimum absolute atomic E-state index is 0.0806. The first-order valence-electron chi connectivity index (χ1n) is 12.0. The van der Waals surface area contributed by atoms with E-state index >= 15 is 0 Å². The molecule has 4 aromatic rings. The lowest BCUT2D eigenvalue weighted by molar-refractivity contribution is -0.107. The molecule has 1 aliphatic rings. The van der Waals surface area contributed by atoms with E-state index in [1.54, 1.807) is 34.4 Å². The number of imidazole rings is 1. The van der Waals surface area contributed by atoms with Gasteiger partial charge in [-0.25, -0.2) is 4.79 Å². The molecule has 0 spiro atoms. The molecule has 0 radical (unpaired) electrons. The molecule has 0 saturated carbocycles. The lowest BCUT2D eigenvalue weighted by Crippen LogP contribution is -2.38. The Labute approximate surface area is 204 Å². The van der Waals surface area contributed by atoms with Gasteiger partial charge in [0.2, 0.25) is 6.41 Å². The number of amides is 1.